The van der Waals surface area contributed by atoms with E-state index >= 15 is 0 Å². The van der Waals surface area contributed by atoms with E-state index < -0.39 is 34.1 Å². The van der Waals surface area contributed by atoms with Crippen LogP contribution in [0.25, 0.3) is 0 Å². The number of hydrogen-bond acceptors (Lipinski definition) is 6. The molecule has 0 saturated heterocycles. The highest BCUT2D eigenvalue weighted by atomic mass is 32.1. The number of nitro benzene ring substituents is 1. The van der Waals surface area contributed by atoms with Crippen molar-refractivity contribution in [2.45, 2.75) is 12.7 Å². The topological polar surface area (TPSA) is 96.6 Å². The molecule has 0 spiro atoms. The van der Waals surface area contributed by atoms with E-state index in [1.165, 1.54) is 7.05 Å². The molecule has 11 heteroatoms. The maximum Gasteiger partial charge on any atom is 0.434 e. The molecule has 24 heavy (non-hydrogen) atoms. The van der Waals surface area contributed by atoms with Crippen LogP contribution < -0.4 is 0 Å². The van der Waals surface area contributed by atoms with Crippen LogP contribution in [0.5, 0.6) is 5.75 Å². The minimum Gasteiger partial charge on any atom is -0.502 e. The highest BCUT2D eigenvalue weighted by molar-refractivity contribution is 7.09. The van der Waals surface area contributed by atoms with Crippen molar-refractivity contribution < 1.29 is 28.0 Å². The van der Waals surface area contributed by atoms with E-state index in [0.717, 1.165) is 39.8 Å². The number of thiazole rings is 1. The first kappa shape index (κ1) is 17.7. The second-order valence-corrected chi connectivity index (χ2v) is 5.69. The first-order chi connectivity index (χ1) is 11.1. The average Bonchev–Trinajstić information content (AvgIpc) is 2.94. The Labute approximate surface area is 137 Å². The average molecular weight is 361 g/mol. The zero-order valence-corrected chi connectivity index (χ0v) is 12.9. The second-order valence-electron chi connectivity index (χ2n) is 4.75. The quantitative estimate of drug-likeness (QED) is 0.667. The van der Waals surface area contributed by atoms with Gasteiger partial charge in [-0.2, -0.15) is 13.2 Å². The molecule has 1 N–H and O–H groups in total. The predicted molar refractivity (Wildman–Crippen MR) is 77.7 cm³/mol. The summed E-state index contributed by atoms with van der Waals surface area (Å²) in [4.78, 5) is 26.5. The van der Waals surface area contributed by atoms with Gasteiger partial charge in [-0.3, -0.25) is 14.9 Å². The molecule has 1 heterocycles. The lowest BCUT2D eigenvalue weighted by molar-refractivity contribution is -0.385. The highest BCUT2D eigenvalue weighted by Gasteiger charge is 2.33. The van der Waals surface area contributed by atoms with E-state index in [1.54, 1.807) is 0 Å². The summed E-state index contributed by atoms with van der Waals surface area (Å²) in [6.45, 7) is -0.169. The normalized spacial score (nSPS) is 11.3. The number of benzene rings is 1. The Hall–Kier alpha value is -2.69. The molecule has 0 aliphatic rings. The lowest BCUT2D eigenvalue weighted by Gasteiger charge is -2.15. The number of phenols is 1. The standard InChI is InChI=1S/C13H10F3N3O4S/c1-18(5-11-17-10(6-24-11)13(14,15)16)12(21)7-2-3-8(19(22)23)9(20)4-7/h2-4,6,20H,5H2,1H3. The monoisotopic (exact) mass is 361 g/mol. The summed E-state index contributed by atoms with van der Waals surface area (Å²) in [5.41, 5.74) is -1.62. The lowest BCUT2D eigenvalue weighted by Crippen LogP contribution is -2.26. The molecule has 0 atom stereocenters. The van der Waals surface area contributed by atoms with Gasteiger partial charge in [-0.05, 0) is 12.1 Å². The maximum atomic E-state index is 12.5. The predicted octanol–water partition coefficient (Wildman–Crippen LogP) is 3.05. The van der Waals surface area contributed by atoms with Gasteiger partial charge in [-0.15, -0.1) is 11.3 Å². The molecule has 128 valence electrons. The van der Waals surface area contributed by atoms with Crippen LogP contribution in [0.3, 0.4) is 0 Å². The van der Waals surface area contributed by atoms with Crippen molar-refractivity contribution in [1.29, 1.82) is 0 Å². The van der Waals surface area contributed by atoms with E-state index in [-0.39, 0.29) is 17.1 Å². The van der Waals surface area contributed by atoms with Crippen LogP contribution in [0.4, 0.5) is 18.9 Å². The molecule has 1 amide bonds. The summed E-state index contributed by atoms with van der Waals surface area (Å²) in [6, 6.07) is 3.06. The fourth-order valence-corrected chi connectivity index (χ4v) is 2.67. The zero-order chi connectivity index (χ0) is 18.1. The molecule has 0 bridgehead atoms. The van der Waals surface area contributed by atoms with E-state index in [9.17, 15) is 33.2 Å². The third-order valence-electron chi connectivity index (χ3n) is 2.98. The molecule has 2 aromatic rings. The van der Waals surface area contributed by atoms with Crippen LogP contribution in [0.15, 0.2) is 23.6 Å². The molecule has 2 rings (SSSR count). The molecule has 0 fully saturated rings. The van der Waals surface area contributed by atoms with Crippen molar-refractivity contribution in [2.75, 3.05) is 7.05 Å². The molecule has 0 saturated carbocycles. The van der Waals surface area contributed by atoms with Gasteiger partial charge in [0.15, 0.2) is 11.4 Å². The van der Waals surface area contributed by atoms with Gasteiger partial charge in [0, 0.05) is 24.1 Å². The third kappa shape index (κ3) is 3.79. The minimum absolute atomic E-state index is 0.0341. The molecule has 1 aromatic heterocycles. The molecule has 0 unspecified atom stereocenters. The number of hydrogen-bond donors (Lipinski definition) is 1. The van der Waals surface area contributed by atoms with Crippen molar-refractivity contribution in [3.05, 3.63) is 50.0 Å². The Kier molecular flexibility index (Phi) is 4.73. The second kappa shape index (κ2) is 6.43. The van der Waals surface area contributed by atoms with E-state index in [4.69, 9.17) is 0 Å². The Morgan fingerprint density at radius 3 is 2.62 bits per heavy atom. The summed E-state index contributed by atoms with van der Waals surface area (Å²) in [6.07, 6.45) is -4.55. The lowest BCUT2D eigenvalue weighted by atomic mass is 10.1. The van der Waals surface area contributed by atoms with Crippen LogP contribution in [-0.2, 0) is 12.7 Å². The summed E-state index contributed by atoms with van der Waals surface area (Å²) in [7, 11) is 1.34. The maximum absolute atomic E-state index is 12.5. The number of amides is 1. The summed E-state index contributed by atoms with van der Waals surface area (Å²) in [5, 5.41) is 21.1. The van der Waals surface area contributed by atoms with Gasteiger partial charge < -0.3 is 10.0 Å². The summed E-state index contributed by atoms with van der Waals surface area (Å²) >= 11 is 0.763. The zero-order valence-electron chi connectivity index (χ0n) is 12.1. The van der Waals surface area contributed by atoms with Crippen molar-refractivity contribution in [1.82, 2.24) is 9.88 Å². The highest BCUT2D eigenvalue weighted by Crippen LogP contribution is 2.30. The Balaban J connectivity index is 2.14. The number of phenolic OH excluding ortho intramolecular Hbond substituents is 1. The summed E-state index contributed by atoms with van der Waals surface area (Å²) < 4.78 is 37.5. The van der Waals surface area contributed by atoms with Gasteiger partial charge in [0.25, 0.3) is 5.91 Å². The first-order valence-electron chi connectivity index (χ1n) is 6.34. The smallest absolute Gasteiger partial charge is 0.434 e. The van der Waals surface area contributed by atoms with E-state index in [2.05, 4.69) is 4.98 Å². The number of halogens is 3. The fourth-order valence-electron chi connectivity index (χ4n) is 1.82. The minimum atomic E-state index is -4.55. The number of alkyl halides is 3. The number of rotatable bonds is 4. The van der Waals surface area contributed by atoms with E-state index in [1.807, 2.05) is 0 Å². The number of nitrogens with zero attached hydrogens (tertiary/aromatic N) is 3. The Bertz CT molecular complexity index is 791. The number of carbonyl (C=O) groups excluding carboxylic acids is 1. The molecule has 0 radical (unpaired) electrons. The van der Waals surface area contributed by atoms with Gasteiger partial charge in [0.05, 0.1) is 11.5 Å². The van der Waals surface area contributed by atoms with Crippen LogP contribution >= 0.6 is 11.3 Å². The number of nitro groups is 1. The molecular formula is C13H10F3N3O4S. The molecule has 0 aliphatic carbocycles. The van der Waals surface area contributed by atoms with Gasteiger partial charge >= 0.3 is 11.9 Å². The Morgan fingerprint density at radius 1 is 1.46 bits per heavy atom. The fraction of sp³-hybridized carbons (Fsp3) is 0.231. The van der Waals surface area contributed by atoms with Gasteiger partial charge in [0.2, 0.25) is 0 Å². The van der Waals surface area contributed by atoms with Crippen LogP contribution in [-0.4, -0.2) is 32.9 Å². The number of carbonyl (C=O) groups is 1. The van der Waals surface area contributed by atoms with Crippen molar-refractivity contribution in [3.63, 3.8) is 0 Å². The number of aromatic nitrogens is 1. The Morgan fingerprint density at radius 2 is 2.12 bits per heavy atom. The largest absolute Gasteiger partial charge is 0.502 e. The van der Waals surface area contributed by atoms with Crippen molar-refractivity contribution in [3.8, 4) is 5.75 Å². The third-order valence-corrected chi connectivity index (χ3v) is 3.81. The first-order valence-corrected chi connectivity index (χ1v) is 7.22. The summed E-state index contributed by atoms with van der Waals surface area (Å²) in [5.74, 6) is -1.29. The van der Waals surface area contributed by atoms with Gasteiger partial charge in [-0.1, -0.05) is 0 Å². The van der Waals surface area contributed by atoms with Crippen LogP contribution in [0.2, 0.25) is 0 Å². The van der Waals surface area contributed by atoms with Crippen molar-refractivity contribution >= 4 is 22.9 Å². The van der Waals surface area contributed by atoms with Crippen LogP contribution in [0, 0.1) is 10.1 Å². The van der Waals surface area contributed by atoms with Crippen LogP contribution in [0.1, 0.15) is 21.1 Å². The van der Waals surface area contributed by atoms with Gasteiger partial charge in [0.1, 0.15) is 5.01 Å². The van der Waals surface area contributed by atoms with Crippen molar-refractivity contribution in [2.24, 2.45) is 0 Å². The SMILES string of the molecule is CN(Cc1nc(C(F)(F)F)cs1)C(=O)c1ccc([N+](=O)[O-])c(O)c1. The molecular weight excluding hydrogens is 351 g/mol. The van der Waals surface area contributed by atoms with E-state index in [0.29, 0.717) is 0 Å². The molecule has 0 aliphatic heterocycles. The molecule has 7 nitrogen and oxygen atoms in total. The van der Waals surface area contributed by atoms with Gasteiger partial charge in [-0.25, -0.2) is 4.98 Å². The number of aromatic hydroxyl groups is 1. The molecule has 1 aromatic carbocycles.